The molecule has 6 nitrogen and oxygen atoms in total. The highest BCUT2D eigenvalue weighted by Crippen LogP contribution is 2.08. The third-order valence-corrected chi connectivity index (χ3v) is 2.39. The number of halogens is 1. The van der Waals surface area contributed by atoms with Crippen molar-refractivity contribution in [2.24, 2.45) is 0 Å². The van der Waals surface area contributed by atoms with Crippen LogP contribution in [0, 0.1) is 0 Å². The second kappa shape index (κ2) is 4.98. The Kier molecular flexibility index (Phi) is 3.89. The summed E-state index contributed by atoms with van der Waals surface area (Å²) in [5.41, 5.74) is 4.91. The molecule has 0 unspecified atom stereocenters. The number of aromatic nitrogens is 2. The molecule has 0 aromatic carbocycles. The lowest BCUT2D eigenvalue weighted by Gasteiger charge is -2.11. The molecular formula is C9H13ClN4O2. The molecule has 1 aromatic heterocycles. The summed E-state index contributed by atoms with van der Waals surface area (Å²) in [5, 5.41) is -0.0137. The molecular weight excluding hydrogens is 232 g/mol. The van der Waals surface area contributed by atoms with E-state index in [1.165, 1.54) is 15.8 Å². The smallest absolute Gasteiger partial charge is 0.278 e. The number of amides is 1. The SMILES string of the molecule is CN(C)C(=O)CCn1cnc(Cl)c(N)c1=O. The fourth-order valence-corrected chi connectivity index (χ4v) is 1.21. The first-order chi connectivity index (χ1) is 7.43. The molecule has 0 aliphatic rings. The number of nitrogens with two attached hydrogens (primary N) is 1. The maximum atomic E-state index is 11.6. The van der Waals surface area contributed by atoms with Crippen LogP contribution in [0.25, 0.3) is 0 Å². The summed E-state index contributed by atoms with van der Waals surface area (Å²) in [4.78, 5) is 28.1. The highest BCUT2D eigenvalue weighted by molar-refractivity contribution is 6.31. The number of hydrogen-bond acceptors (Lipinski definition) is 4. The van der Waals surface area contributed by atoms with Crippen LogP contribution in [0.4, 0.5) is 5.69 Å². The second-order valence-corrected chi connectivity index (χ2v) is 3.84. The quantitative estimate of drug-likeness (QED) is 0.757. The van der Waals surface area contributed by atoms with Crippen molar-refractivity contribution >= 4 is 23.2 Å². The maximum Gasteiger partial charge on any atom is 0.278 e. The van der Waals surface area contributed by atoms with Crippen molar-refractivity contribution in [2.45, 2.75) is 13.0 Å². The van der Waals surface area contributed by atoms with Gasteiger partial charge in [-0.15, -0.1) is 0 Å². The molecule has 88 valence electrons. The van der Waals surface area contributed by atoms with Gasteiger partial charge in [0.2, 0.25) is 5.91 Å². The molecule has 1 rings (SSSR count). The first-order valence-electron chi connectivity index (χ1n) is 4.64. The zero-order chi connectivity index (χ0) is 12.3. The summed E-state index contributed by atoms with van der Waals surface area (Å²) in [5.74, 6) is -0.0691. The molecule has 0 bridgehead atoms. The Morgan fingerprint density at radius 1 is 1.62 bits per heavy atom. The third-order valence-electron chi connectivity index (χ3n) is 2.09. The van der Waals surface area contributed by atoms with Gasteiger partial charge >= 0.3 is 0 Å². The van der Waals surface area contributed by atoms with Crippen molar-refractivity contribution < 1.29 is 4.79 Å². The molecule has 0 fully saturated rings. The van der Waals surface area contributed by atoms with E-state index in [9.17, 15) is 9.59 Å². The summed E-state index contributed by atoms with van der Waals surface area (Å²) in [6.45, 7) is 0.240. The average Bonchev–Trinajstić information content (AvgIpc) is 2.24. The molecule has 2 N–H and O–H groups in total. The molecule has 7 heteroatoms. The molecule has 0 saturated heterocycles. The summed E-state index contributed by atoms with van der Waals surface area (Å²) in [7, 11) is 3.30. The fraction of sp³-hybridized carbons (Fsp3) is 0.444. The van der Waals surface area contributed by atoms with Gasteiger partial charge in [-0.05, 0) is 0 Å². The molecule has 0 aliphatic heterocycles. The van der Waals surface area contributed by atoms with Crippen molar-refractivity contribution in [3.8, 4) is 0 Å². The van der Waals surface area contributed by atoms with Gasteiger partial charge in [0, 0.05) is 27.1 Å². The number of nitrogens with zero attached hydrogens (tertiary/aromatic N) is 3. The Morgan fingerprint density at radius 2 is 2.25 bits per heavy atom. The van der Waals surface area contributed by atoms with Gasteiger partial charge < -0.3 is 10.6 Å². The minimum Gasteiger partial charge on any atom is -0.392 e. The topological polar surface area (TPSA) is 81.2 Å². The lowest BCUT2D eigenvalue weighted by Crippen LogP contribution is -2.28. The predicted molar refractivity (Wildman–Crippen MR) is 61.2 cm³/mol. The van der Waals surface area contributed by atoms with E-state index in [-0.39, 0.29) is 29.7 Å². The summed E-state index contributed by atoms with van der Waals surface area (Å²) >= 11 is 5.57. The number of anilines is 1. The standard InChI is InChI=1S/C9H13ClN4O2/c1-13(2)6(15)3-4-14-5-12-8(10)7(11)9(14)16/h5H,3-4,11H2,1-2H3. The molecule has 1 amide bonds. The third kappa shape index (κ3) is 2.73. The summed E-state index contributed by atoms with van der Waals surface area (Å²) in [6, 6.07) is 0. The van der Waals surface area contributed by atoms with Gasteiger partial charge in [0.1, 0.15) is 5.69 Å². The van der Waals surface area contributed by atoms with Crippen molar-refractivity contribution in [3.05, 3.63) is 21.8 Å². The normalized spacial score (nSPS) is 10.2. The van der Waals surface area contributed by atoms with Crippen LogP contribution in [0.1, 0.15) is 6.42 Å². The minimum atomic E-state index is -0.424. The fourth-order valence-electron chi connectivity index (χ4n) is 1.08. The van der Waals surface area contributed by atoms with Crippen LogP contribution in [-0.4, -0.2) is 34.5 Å². The Bertz CT molecular complexity index is 455. The molecule has 0 atom stereocenters. The van der Waals surface area contributed by atoms with Crippen LogP contribution in [0.15, 0.2) is 11.1 Å². The van der Waals surface area contributed by atoms with Gasteiger partial charge in [-0.2, -0.15) is 0 Å². The molecule has 0 aliphatic carbocycles. The molecule has 1 heterocycles. The number of hydrogen-bond donors (Lipinski definition) is 1. The van der Waals surface area contributed by atoms with Crippen LogP contribution < -0.4 is 11.3 Å². The molecule has 16 heavy (non-hydrogen) atoms. The first-order valence-corrected chi connectivity index (χ1v) is 5.02. The maximum absolute atomic E-state index is 11.6. The molecule has 0 radical (unpaired) electrons. The van der Waals surface area contributed by atoms with Crippen LogP contribution in [-0.2, 0) is 11.3 Å². The Morgan fingerprint density at radius 3 is 2.81 bits per heavy atom. The van der Waals surface area contributed by atoms with Crippen molar-refractivity contribution in [1.29, 1.82) is 0 Å². The van der Waals surface area contributed by atoms with Crippen LogP contribution in [0.2, 0.25) is 5.15 Å². The van der Waals surface area contributed by atoms with E-state index in [4.69, 9.17) is 17.3 Å². The lowest BCUT2D eigenvalue weighted by molar-refractivity contribution is -0.128. The zero-order valence-corrected chi connectivity index (χ0v) is 9.86. The van der Waals surface area contributed by atoms with E-state index < -0.39 is 5.56 Å². The monoisotopic (exact) mass is 244 g/mol. The lowest BCUT2D eigenvalue weighted by atomic mass is 10.3. The number of carbonyl (C=O) groups excluding carboxylic acids is 1. The second-order valence-electron chi connectivity index (χ2n) is 3.49. The number of aryl methyl sites for hydroxylation is 1. The van der Waals surface area contributed by atoms with E-state index in [0.717, 1.165) is 0 Å². The van der Waals surface area contributed by atoms with E-state index in [2.05, 4.69) is 4.98 Å². The molecule has 0 saturated carbocycles. The average molecular weight is 245 g/mol. The van der Waals surface area contributed by atoms with Crippen molar-refractivity contribution in [1.82, 2.24) is 14.5 Å². The Hall–Kier alpha value is -1.56. The van der Waals surface area contributed by atoms with Gasteiger partial charge in [0.15, 0.2) is 5.15 Å². The first kappa shape index (κ1) is 12.5. The van der Waals surface area contributed by atoms with Gasteiger partial charge in [-0.25, -0.2) is 4.98 Å². The minimum absolute atomic E-state index is 0.0137. The summed E-state index contributed by atoms with van der Waals surface area (Å²) < 4.78 is 1.27. The Labute approximate surface area is 97.6 Å². The Balaban J connectivity index is 2.80. The van der Waals surface area contributed by atoms with Gasteiger partial charge in [0.25, 0.3) is 5.56 Å². The molecule has 1 aromatic rings. The highest BCUT2D eigenvalue weighted by atomic mass is 35.5. The van der Waals surface area contributed by atoms with E-state index in [1.54, 1.807) is 14.1 Å². The van der Waals surface area contributed by atoms with E-state index >= 15 is 0 Å². The number of rotatable bonds is 3. The zero-order valence-electron chi connectivity index (χ0n) is 9.11. The number of nitrogen functional groups attached to an aromatic ring is 1. The number of carbonyl (C=O) groups is 1. The highest BCUT2D eigenvalue weighted by Gasteiger charge is 2.08. The van der Waals surface area contributed by atoms with E-state index in [1.807, 2.05) is 0 Å². The largest absolute Gasteiger partial charge is 0.392 e. The van der Waals surface area contributed by atoms with Gasteiger partial charge in [-0.1, -0.05) is 11.6 Å². The van der Waals surface area contributed by atoms with Crippen LogP contribution >= 0.6 is 11.6 Å². The van der Waals surface area contributed by atoms with Gasteiger partial charge in [0.05, 0.1) is 6.33 Å². The van der Waals surface area contributed by atoms with Crippen molar-refractivity contribution in [2.75, 3.05) is 19.8 Å². The predicted octanol–water partition coefficient (Wildman–Crippen LogP) is -0.0428. The van der Waals surface area contributed by atoms with Gasteiger partial charge in [-0.3, -0.25) is 14.2 Å². The van der Waals surface area contributed by atoms with Crippen LogP contribution in [0.3, 0.4) is 0 Å². The van der Waals surface area contributed by atoms with E-state index in [0.29, 0.717) is 0 Å². The van der Waals surface area contributed by atoms with Crippen LogP contribution in [0.5, 0.6) is 0 Å². The summed E-state index contributed by atoms with van der Waals surface area (Å²) in [6.07, 6.45) is 1.50. The van der Waals surface area contributed by atoms with Crippen molar-refractivity contribution in [3.63, 3.8) is 0 Å². The molecule has 0 spiro atoms.